The van der Waals surface area contributed by atoms with Crippen molar-refractivity contribution < 1.29 is 4.42 Å². The first-order valence-electron chi connectivity index (χ1n) is 5.79. The molecule has 0 aromatic carbocycles. The molecule has 1 aromatic rings. The average molecular weight is 210 g/mol. The third-order valence-corrected chi connectivity index (χ3v) is 2.50. The van der Waals surface area contributed by atoms with Crippen LogP contribution in [-0.2, 0) is 13.1 Å². The largest absolute Gasteiger partial charge is 0.468 e. The lowest BCUT2D eigenvalue weighted by Crippen LogP contribution is -2.25. The van der Waals surface area contributed by atoms with E-state index in [1.807, 2.05) is 6.07 Å². The number of furan rings is 1. The summed E-state index contributed by atoms with van der Waals surface area (Å²) in [5.74, 6) is 1.03. The zero-order valence-corrected chi connectivity index (χ0v) is 9.83. The zero-order valence-electron chi connectivity index (χ0n) is 9.83. The average Bonchev–Trinajstić information content (AvgIpc) is 2.66. The summed E-state index contributed by atoms with van der Waals surface area (Å²) in [6.07, 6.45) is 4.09. The van der Waals surface area contributed by atoms with Gasteiger partial charge in [-0.1, -0.05) is 13.8 Å². The molecule has 0 atom stereocenters. The molecule has 0 saturated carbocycles. The summed E-state index contributed by atoms with van der Waals surface area (Å²) >= 11 is 0. The molecular formula is C12H22N2O. The predicted molar refractivity (Wildman–Crippen MR) is 62.5 cm³/mol. The van der Waals surface area contributed by atoms with Gasteiger partial charge in [0.25, 0.3) is 0 Å². The van der Waals surface area contributed by atoms with Gasteiger partial charge in [0.05, 0.1) is 12.8 Å². The molecule has 0 aliphatic heterocycles. The Morgan fingerprint density at radius 2 is 1.93 bits per heavy atom. The van der Waals surface area contributed by atoms with Gasteiger partial charge in [-0.05, 0) is 32.0 Å². The molecule has 0 unspecified atom stereocenters. The Hall–Kier alpha value is -0.800. The maximum atomic E-state index is 5.64. The minimum Gasteiger partial charge on any atom is -0.468 e. The van der Waals surface area contributed by atoms with Crippen LogP contribution in [0.15, 0.2) is 16.7 Å². The van der Waals surface area contributed by atoms with Gasteiger partial charge in [-0.3, -0.25) is 4.90 Å². The van der Waals surface area contributed by atoms with E-state index in [1.165, 1.54) is 12.8 Å². The highest BCUT2D eigenvalue weighted by Gasteiger charge is 2.09. The van der Waals surface area contributed by atoms with Crippen molar-refractivity contribution in [2.24, 2.45) is 5.73 Å². The molecule has 3 nitrogen and oxygen atoms in total. The predicted octanol–water partition coefficient (Wildman–Crippen LogP) is 2.36. The topological polar surface area (TPSA) is 42.4 Å². The lowest BCUT2D eigenvalue weighted by molar-refractivity contribution is 0.243. The molecule has 0 bridgehead atoms. The van der Waals surface area contributed by atoms with Crippen LogP contribution in [0.25, 0.3) is 0 Å². The van der Waals surface area contributed by atoms with Crippen LogP contribution in [0.5, 0.6) is 0 Å². The van der Waals surface area contributed by atoms with Crippen LogP contribution in [0.2, 0.25) is 0 Å². The molecule has 0 spiro atoms. The molecule has 0 amide bonds. The number of nitrogens with two attached hydrogens (primary N) is 1. The van der Waals surface area contributed by atoms with Gasteiger partial charge >= 0.3 is 0 Å². The van der Waals surface area contributed by atoms with E-state index in [0.29, 0.717) is 6.54 Å². The van der Waals surface area contributed by atoms with Crippen LogP contribution in [0.3, 0.4) is 0 Å². The first-order chi connectivity index (χ1) is 7.31. The summed E-state index contributed by atoms with van der Waals surface area (Å²) in [6.45, 7) is 8.11. The molecule has 1 aromatic heterocycles. The third-order valence-electron chi connectivity index (χ3n) is 2.50. The van der Waals surface area contributed by atoms with Crippen LogP contribution < -0.4 is 5.73 Å². The standard InChI is InChI=1S/C12H22N2O/c1-3-6-14(7-4-2)10-12-11(9-13)5-8-15-12/h5,8H,3-4,6-7,9-10,13H2,1-2H3. The molecule has 0 aliphatic carbocycles. The summed E-state index contributed by atoms with van der Waals surface area (Å²) in [7, 11) is 0. The van der Waals surface area contributed by atoms with Gasteiger partial charge in [-0.25, -0.2) is 0 Å². The Balaban J connectivity index is 2.56. The molecule has 1 rings (SSSR count). The molecule has 0 radical (unpaired) electrons. The lowest BCUT2D eigenvalue weighted by atomic mass is 10.2. The Morgan fingerprint density at radius 1 is 1.27 bits per heavy atom. The van der Waals surface area contributed by atoms with Crippen molar-refractivity contribution in [3.8, 4) is 0 Å². The Labute approximate surface area is 92.2 Å². The summed E-state index contributed by atoms with van der Waals surface area (Å²) in [5, 5.41) is 0. The Morgan fingerprint density at radius 3 is 2.47 bits per heavy atom. The second-order valence-electron chi connectivity index (χ2n) is 3.85. The lowest BCUT2D eigenvalue weighted by Gasteiger charge is -2.19. The van der Waals surface area contributed by atoms with E-state index in [0.717, 1.165) is 31.0 Å². The highest BCUT2D eigenvalue weighted by Crippen LogP contribution is 2.13. The van der Waals surface area contributed by atoms with Crippen LogP contribution in [0.1, 0.15) is 38.0 Å². The Bertz CT molecular complexity index is 264. The van der Waals surface area contributed by atoms with Crippen molar-refractivity contribution in [2.45, 2.75) is 39.8 Å². The van der Waals surface area contributed by atoms with E-state index >= 15 is 0 Å². The summed E-state index contributed by atoms with van der Waals surface area (Å²) in [5.41, 5.74) is 6.77. The maximum absolute atomic E-state index is 5.64. The fourth-order valence-electron chi connectivity index (χ4n) is 1.79. The maximum Gasteiger partial charge on any atom is 0.122 e. The molecule has 0 saturated heterocycles. The van der Waals surface area contributed by atoms with E-state index in [2.05, 4.69) is 18.7 Å². The van der Waals surface area contributed by atoms with E-state index in [4.69, 9.17) is 10.2 Å². The second-order valence-corrected chi connectivity index (χ2v) is 3.85. The first kappa shape index (κ1) is 12.3. The van der Waals surface area contributed by atoms with Gasteiger partial charge in [-0.15, -0.1) is 0 Å². The van der Waals surface area contributed by atoms with Gasteiger partial charge < -0.3 is 10.2 Å². The van der Waals surface area contributed by atoms with Crippen molar-refractivity contribution >= 4 is 0 Å². The van der Waals surface area contributed by atoms with Crippen molar-refractivity contribution in [2.75, 3.05) is 13.1 Å². The highest BCUT2D eigenvalue weighted by atomic mass is 16.3. The van der Waals surface area contributed by atoms with E-state index in [-0.39, 0.29) is 0 Å². The highest BCUT2D eigenvalue weighted by molar-refractivity contribution is 5.16. The quantitative estimate of drug-likeness (QED) is 0.751. The van der Waals surface area contributed by atoms with Crippen LogP contribution in [-0.4, -0.2) is 18.0 Å². The van der Waals surface area contributed by atoms with Crippen LogP contribution in [0.4, 0.5) is 0 Å². The smallest absolute Gasteiger partial charge is 0.122 e. The number of hydrogen-bond acceptors (Lipinski definition) is 3. The molecule has 0 fully saturated rings. The summed E-state index contributed by atoms with van der Waals surface area (Å²) < 4.78 is 5.46. The number of hydrogen-bond donors (Lipinski definition) is 1. The van der Waals surface area contributed by atoms with Gasteiger partial charge in [0.1, 0.15) is 5.76 Å². The second kappa shape index (κ2) is 6.64. The third kappa shape index (κ3) is 3.68. The fourth-order valence-corrected chi connectivity index (χ4v) is 1.79. The van der Waals surface area contributed by atoms with Gasteiger partial charge in [-0.2, -0.15) is 0 Å². The molecule has 2 N–H and O–H groups in total. The minimum absolute atomic E-state index is 0.567. The van der Waals surface area contributed by atoms with Crippen molar-refractivity contribution in [3.05, 3.63) is 23.7 Å². The monoisotopic (exact) mass is 210 g/mol. The number of nitrogens with zero attached hydrogens (tertiary/aromatic N) is 1. The molecule has 0 aliphatic rings. The fraction of sp³-hybridized carbons (Fsp3) is 0.667. The molecule has 3 heteroatoms. The Kier molecular flexibility index (Phi) is 5.43. The molecule has 15 heavy (non-hydrogen) atoms. The minimum atomic E-state index is 0.567. The van der Waals surface area contributed by atoms with Gasteiger partial charge in [0.15, 0.2) is 0 Å². The van der Waals surface area contributed by atoms with E-state index < -0.39 is 0 Å². The summed E-state index contributed by atoms with van der Waals surface area (Å²) in [6, 6.07) is 1.96. The van der Waals surface area contributed by atoms with Crippen molar-refractivity contribution in [1.82, 2.24) is 4.90 Å². The van der Waals surface area contributed by atoms with Crippen molar-refractivity contribution in [3.63, 3.8) is 0 Å². The van der Waals surface area contributed by atoms with Crippen molar-refractivity contribution in [1.29, 1.82) is 0 Å². The zero-order chi connectivity index (χ0) is 11.1. The van der Waals surface area contributed by atoms with Gasteiger partial charge in [0, 0.05) is 12.1 Å². The summed E-state index contributed by atoms with van der Waals surface area (Å²) in [4.78, 5) is 2.41. The first-order valence-corrected chi connectivity index (χ1v) is 5.79. The molecular weight excluding hydrogens is 188 g/mol. The van der Waals surface area contributed by atoms with E-state index in [9.17, 15) is 0 Å². The number of rotatable bonds is 7. The van der Waals surface area contributed by atoms with Crippen LogP contribution >= 0.6 is 0 Å². The van der Waals surface area contributed by atoms with Crippen LogP contribution in [0, 0.1) is 0 Å². The van der Waals surface area contributed by atoms with Gasteiger partial charge in [0.2, 0.25) is 0 Å². The molecule has 86 valence electrons. The van der Waals surface area contributed by atoms with E-state index in [1.54, 1.807) is 6.26 Å². The molecule has 1 heterocycles. The SMILES string of the molecule is CCCN(CCC)Cc1occc1CN. The normalized spacial score (nSPS) is 11.2.